The van der Waals surface area contributed by atoms with Crippen molar-refractivity contribution >= 4 is 22.3 Å². The molecule has 2 saturated carbocycles. The molecule has 0 unspecified atom stereocenters. The van der Waals surface area contributed by atoms with Crippen LogP contribution in [-0.2, 0) is 18.3 Å². The van der Waals surface area contributed by atoms with Crippen molar-refractivity contribution in [3.05, 3.63) is 96.1 Å². The normalized spacial score (nSPS) is 17.9. The highest BCUT2D eigenvalue weighted by Gasteiger charge is 2.30. The summed E-state index contributed by atoms with van der Waals surface area (Å²) in [5.74, 6) is 1.61. The predicted octanol–water partition coefficient (Wildman–Crippen LogP) is 9.30. The molecule has 0 atom stereocenters. The van der Waals surface area contributed by atoms with Crippen molar-refractivity contribution in [2.75, 3.05) is 0 Å². The summed E-state index contributed by atoms with van der Waals surface area (Å²) in [6.45, 7) is 9.22. The van der Waals surface area contributed by atoms with Gasteiger partial charge in [0.2, 0.25) is 0 Å². The molecule has 2 fully saturated rings. The fraction of sp³-hybridized carbons (Fsp3) is 0.463. The topological polar surface area (TPSA) is 87.2 Å². The molecule has 0 N–H and O–H groups in total. The minimum Gasteiger partial charge on any atom is -0.267 e. The predicted molar refractivity (Wildman–Crippen MR) is 195 cm³/mol. The van der Waals surface area contributed by atoms with Crippen molar-refractivity contribution in [2.24, 2.45) is 10.8 Å². The molecule has 8 rings (SSSR count). The van der Waals surface area contributed by atoms with Gasteiger partial charge in [-0.2, -0.15) is 0 Å². The lowest BCUT2D eigenvalue weighted by atomic mass is 9.73. The molecular formula is C41H48N8. The van der Waals surface area contributed by atoms with Gasteiger partial charge in [-0.1, -0.05) is 64.5 Å². The van der Waals surface area contributed by atoms with Gasteiger partial charge in [0, 0.05) is 16.8 Å². The Labute approximate surface area is 289 Å². The maximum atomic E-state index is 5.20. The van der Waals surface area contributed by atoms with Crippen molar-refractivity contribution in [1.29, 1.82) is 0 Å². The van der Waals surface area contributed by atoms with Gasteiger partial charge in [0.05, 0.1) is 11.4 Å². The van der Waals surface area contributed by atoms with Crippen LogP contribution >= 0.6 is 0 Å². The summed E-state index contributed by atoms with van der Waals surface area (Å²) >= 11 is 0. The van der Waals surface area contributed by atoms with E-state index in [2.05, 4.69) is 76.2 Å². The summed E-state index contributed by atoms with van der Waals surface area (Å²) in [5, 5.41) is 0. The van der Waals surface area contributed by atoms with Crippen molar-refractivity contribution < 1.29 is 0 Å². The van der Waals surface area contributed by atoms with E-state index in [-0.39, 0.29) is 0 Å². The summed E-state index contributed by atoms with van der Waals surface area (Å²) < 4.78 is 4.06. The molecule has 0 aromatic carbocycles. The van der Waals surface area contributed by atoms with E-state index in [1.807, 2.05) is 33.9 Å². The van der Waals surface area contributed by atoms with E-state index in [9.17, 15) is 0 Å². The van der Waals surface area contributed by atoms with E-state index in [1.165, 1.54) is 64.2 Å². The largest absolute Gasteiger partial charge is 0.267 e. The van der Waals surface area contributed by atoms with Gasteiger partial charge in [0.1, 0.15) is 35.3 Å². The lowest BCUT2D eigenvalue weighted by Crippen LogP contribution is -2.24. The second-order valence-electron chi connectivity index (χ2n) is 16.0. The number of hydrogen-bond donors (Lipinski definition) is 0. The summed E-state index contributed by atoms with van der Waals surface area (Å²) in [4.78, 5) is 30.1. The minimum absolute atomic E-state index is 0.322. The van der Waals surface area contributed by atoms with Gasteiger partial charge in [-0.25, -0.2) is 29.9 Å². The molecule has 8 heteroatoms. The molecule has 0 amide bonds. The van der Waals surface area contributed by atoms with Crippen molar-refractivity contribution in [3.63, 3.8) is 0 Å². The summed E-state index contributed by atoms with van der Waals surface area (Å²) in [7, 11) is 0. The van der Waals surface area contributed by atoms with E-state index in [0.717, 1.165) is 69.6 Å². The highest BCUT2D eigenvalue weighted by atomic mass is 15.2. The van der Waals surface area contributed by atoms with Crippen molar-refractivity contribution in [2.45, 2.75) is 110 Å². The standard InChI is InChI=1S/C41H48N8/c1-39(2,33-13-11-15-35(46-33)48-27-42-31-19-17-29(44-37(31)48)25-40(3)21-7-5-8-22-40)34-14-12-16-36(47-34)49-28-43-32-20-18-30(45-38(32)49)26-41(4)23-9-6-10-24-41/h11-20,27-28H,5-10,21-26H2,1-4H3. The molecule has 0 aliphatic heterocycles. The van der Waals surface area contributed by atoms with Crippen LogP contribution in [0, 0.1) is 10.8 Å². The smallest absolute Gasteiger partial charge is 0.165 e. The Morgan fingerprint density at radius 2 is 0.980 bits per heavy atom. The van der Waals surface area contributed by atoms with Crippen LogP contribution in [0.4, 0.5) is 0 Å². The van der Waals surface area contributed by atoms with E-state index in [1.54, 1.807) is 0 Å². The highest BCUT2D eigenvalue weighted by Crippen LogP contribution is 2.40. The third kappa shape index (κ3) is 6.26. The zero-order valence-corrected chi connectivity index (χ0v) is 29.5. The quantitative estimate of drug-likeness (QED) is 0.163. The molecule has 2 aliphatic carbocycles. The fourth-order valence-electron chi connectivity index (χ4n) is 8.38. The molecule has 8 nitrogen and oxygen atoms in total. The number of pyridine rings is 4. The first-order chi connectivity index (χ1) is 23.7. The van der Waals surface area contributed by atoms with Gasteiger partial charge in [0.25, 0.3) is 0 Å². The Bertz CT molecular complexity index is 1960. The number of imidazole rings is 2. The van der Waals surface area contributed by atoms with Crippen LogP contribution in [0.3, 0.4) is 0 Å². The first-order valence-electron chi connectivity index (χ1n) is 18.3. The lowest BCUT2D eigenvalue weighted by molar-refractivity contribution is 0.213. The zero-order valence-electron chi connectivity index (χ0n) is 29.5. The maximum absolute atomic E-state index is 5.20. The van der Waals surface area contributed by atoms with Gasteiger partial charge in [0.15, 0.2) is 11.3 Å². The number of aromatic nitrogens is 8. The maximum Gasteiger partial charge on any atom is 0.165 e. The molecular weight excluding hydrogens is 605 g/mol. The molecule has 6 aromatic rings. The second kappa shape index (κ2) is 12.5. The molecule has 6 heterocycles. The zero-order chi connectivity index (χ0) is 33.6. The first kappa shape index (κ1) is 31.8. The van der Waals surface area contributed by atoms with Gasteiger partial charge in [-0.15, -0.1) is 0 Å². The Hall–Kier alpha value is -4.46. The molecule has 252 valence electrons. The van der Waals surface area contributed by atoms with E-state index >= 15 is 0 Å². The Kier molecular flexibility index (Phi) is 8.08. The molecule has 2 aliphatic rings. The van der Waals surface area contributed by atoms with Gasteiger partial charge in [-0.3, -0.25) is 9.13 Å². The van der Waals surface area contributed by atoms with Crippen LogP contribution in [-0.4, -0.2) is 39.0 Å². The molecule has 0 bridgehead atoms. The van der Waals surface area contributed by atoms with Gasteiger partial charge < -0.3 is 0 Å². The third-order valence-electron chi connectivity index (χ3n) is 11.5. The average Bonchev–Trinajstić information content (AvgIpc) is 3.73. The minimum atomic E-state index is -0.471. The first-order valence-corrected chi connectivity index (χ1v) is 18.3. The fourth-order valence-corrected chi connectivity index (χ4v) is 8.38. The summed E-state index contributed by atoms with van der Waals surface area (Å²) in [6, 6.07) is 20.9. The number of nitrogens with zero attached hydrogens (tertiary/aromatic N) is 8. The lowest BCUT2D eigenvalue weighted by Gasteiger charge is -2.33. The van der Waals surface area contributed by atoms with Crippen molar-refractivity contribution in [3.8, 4) is 11.6 Å². The molecule has 6 aromatic heterocycles. The number of rotatable bonds is 8. The second-order valence-corrected chi connectivity index (χ2v) is 16.0. The van der Waals surface area contributed by atoms with Crippen LogP contribution in [0.1, 0.15) is 115 Å². The van der Waals surface area contributed by atoms with E-state index in [4.69, 9.17) is 29.9 Å². The number of fused-ring (bicyclic) bond motifs is 2. The monoisotopic (exact) mass is 652 g/mol. The molecule has 0 spiro atoms. The van der Waals surface area contributed by atoms with E-state index < -0.39 is 5.41 Å². The van der Waals surface area contributed by atoms with Crippen LogP contribution in [0.2, 0.25) is 0 Å². The van der Waals surface area contributed by atoms with Crippen LogP contribution in [0.5, 0.6) is 0 Å². The third-order valence-corrected chi connectivity index (χ3v) is 11.5. The highest BCUT2D eigenvalue weighted by molar-refractivity contribution is 5.73. The molecule has 0 saturated heterocycles. The number of hydrogen-bond acceptors (Lipinski definition) is 6. The molecule has 49 heavy (non-hydrogen) atoms. The SMILES string of the molecule is CC1(Cc2ccc3ncn(-c4cccc(C(C)(C)c5cccc(-n6cnc7ccc(CC8(C)CCCCC8)nc76)n5)n4)c3n2)CCCCC1. The average molecular weight is 653 g/mol. The summed E-state index contributed by atoms with van der Waals surface area (Å²) in [6.07, 6.45) is 18.8. The van der Waals surface area contributed by atoms with Crippen LogP contribution < -0.4 is 0 Å². The Morgan fingerprint density at radius 3 is 1.41 bits per heavy atom. The van der Waals surface area contributed by atoms with Gasteiger partial charge >= 0.3 is 0 Å². The van der Waals surface area contributed by atoms with Crippen LogP contribution in [0.25, 0.3) is 34.0 Å². The Morgan fingerprint density at radius 1 is 0.551 bits per heavy atom. The van der Waals surface area contributed by atoms with Crippen LogP contribution in [0.15, 0.2) is 73.3 Å². The van der Waals surface area contributed by atoms with E-state index in [0.29, 0.717) is 10.8 Å². The van der Waals surface area contributed by atoms with Gasteiger partial charge in [-0.05, 0) is 112 Å². The van der Waals surface area contributed by atoms with Crippen molar-refractivity contribution in [1.82, 2.24) is 39.0 Å². The summed E-state index contributed by atoms with van der Waals surface area (Å²) in [5.41, 5.74) is 7.78. The Balaban J connectivity index is 1.09. The molecule has 0 radical (unpaired) electrons.